The number of nitrogens with one attached hydrogen (secondary N) is 1. The maximum Gasteiger partial charge on any atom is 0.262 e. The van der Waals surface area contributed by atoms with Crippen molar-refractivity contribution in [1.82, 2.24) is 4.98 Å². The van der Waals surface area contributed by atoms with Crippen LogP contribution in [0.1, 0.15) is 34.6 Å². The number of carbonyl (C=O) groups is 2. The van der Waals surface area contributed by atoms with Crippen LogP contribution in [0.25, 0.3) is 0 Å². The maximum absolute atomic E-state index is 12.9. The highest BCUT2D eigenvalue weighted by molar-refractivity contribution is 6.10. The Labute approximate surface area is 174 Å². The van der Waals surface area contributed by atoms with Gasteiger partial charge in [0.15, 0.2) is 0 Å². The SMILES string of the molecule is CC(C)Oc1ccc(C(=O)Nc2ccc3c(c2)C(=O)N(C)c2cccnc2O3)cc1. The summed E-state index contributed by atoms with van der Waals surface area (Å²) in [5, 5.41) is 2.82. The van der Waals surface area contributed by atoms with E-state index in [9.17, 15) is 9.59 Å². The van der Waals surface area contributed by atoms with E-state index in [1.165, 1.54) is 4.90 Å². The highest BCUT2D eigenvalue weighted by Crippen LogP contribution is 2.37. The first-order valence-electron chi connectivity index (χ1n) is 9.55. The fourth-order valence-corrected chi connectivity index (χ4v) is 3.13. The molecule has 2 aromatic carbocycles. The lowest BCUT2D eigenvalue weighted by Crippen LogP contribution is -2.25. The van der Waals surface area contributed by atoms with Crippen molar-refractivity contribution in [3.05, 3.63) is 71.9 Å². The Morgan fingerprint density at radius 1 is 1.13 bits per heavy atom. The molecule has 2 heterocycles. The van der Waals surface area contributed by atoms with Crippen molar-refractivity contribution in [2.24, 2.45) is 0 Å². The normalized spacial score (nSPS) is 12.5. The number of hydrogen-bond acceptors (Lipinski definition) is 5. The van der Waals surface area contributed by atoms with Crippen molar-refractivity contribution in [3.8, 4) is 17.4 Å². The summed E-state index contributed by atoms with van der Waals surface area (Å²) in [4.78, 5) is 31.2. The molecule has 0 saturated heterocycles. The molecule has 7 heteroatoms. The van der Waals surface area contributed by atoms with E-state index >= 15 is 0 Å². The van der Waals surface area contributed by atoms with Gasteiger partial charge in [-0.15, -0.1) is 0 Å². The lowest BCUT2D eigenvalue weighted by molar-refractivity contribution is 0.0990. The van der Waals surface area contributed by atoms with Crippen LogP contribution in [0, 0.1) is 0 Å². The van der Waals surface area contributed by atoms with Crippen molar-refractivity contribution in [2.45, 2.75) is 20.0 Å². The summed E-state index contributed by atoms with van der Waals surface area (Å²) in [6.45, 7) is 3.88. The number of fused-ring (bicyclic) bond motifs is 2. The summed E-state index contributed by atoms with van der Waals surface area (Å²) in [6, 6.07) is 15.3. The fourth-order valence-electron chi connectivity index (χ4n) is 3.13. The van der Waals surface area contributed by atoms with Gasteiger partial charge in [-0.3, -0.25) is 9.59 Å². The van der Waals surface area contributed by atoms with Gasteiger partial charge in [0.1, 0.15) is 17.2 Å². The predicted octanol–water partition coefficient (Wildman–Crippen LogP) is 4.50. The standard InChI is InChI=1S/C23H21N3O4/c1-14(2)29-17-9-6-15(7-10-17)21(27)25-16-8-11-20-18(13-16)23(28)26(3)19-5-4-12-24-22(19)30-20/h4-14H,1-3H3,(H,25,27). The zero-order chi connectivity index (χ0) is 21.3. The molecular weight excluding hydrogens is 382 g/mol. The first-order chi connectivity index (χ1) is 14.4. The van der Waals surface area contributed by atoms with Gasteiger partial charge in [0.2, 0.25) is 5.88 Å². The largest absolute Gasteiger partial charge is 0.491 e. The zero-order valence-electron chi connectivity index (χ0n) is 16.9. The van der Waals surface area contributed by atoms with Gasteiger partial charge in [-0.2, -0.15) is 0 Å². The van der Waals surface area contributed by atoms with E-state index in [2.05, 4.69) is 10.3 Å². The molecule has 0 spiro atoms. The monoisotopic (exact) mass is 403 g/mol. The molecule has 4 rings (SSSR count). The van der Waals surface area contributed by atoms with E-state index in [0.717, 1.165) is 0 Å². The topological polar surface area (TPSA) is 80.8 Å². The number of hydrogen-bond donors (Lipinski definition) is 1. The molecule has 0 atom stereocenters. The third kappa shape index (κ3) is 3.82. The van der Waals surface area contributed by atoms with E-state index in [0.29, 0.717) is 39.9 Å². The molecule has 1 aromatic heterocycles. The van der Waals surface area contributed by atoms with Crippen LogP contribution in [0.15, 0.2) is 60.8 Å². The summed E-state index contributed by atoms with van der Waals surface area (Å²) >= 11 is 0. The van der Waals surface area contributed by atoms with Gasteiger partial charge in [0, 0.05) is 24.5 Å². The van der Waals surface area contributed by atoms with Crippen molar-refractivity contribution >= 4 is 23.2 Å². The van der Waals surface area contributed by atoms with Gasteiger partial charge < -0.3 is 19.7 Å². The van der Waals surface area contributed by atoms with Crippen molar-refractivity contribution < 1.29 is 19.1 Å². The summed E-state index contributed by atoms with van der Waals surface area (Å²) in [6.07, 6.45) is 1.66. The van der Waals surface area contributed by atoms with Crippen LogP contribution in [0.2, 0.25) is 0 Å². The Morgan fingerprint density at radius 3 is 2.63 bits per heavy atom. The second-order valence-electron chi connectivity index (χ2n) is 7.15. The molecule has 30 heavy (non-hydrogen) atoms. The van der Waals surface area contributed by atoms with Gasteiger partial charge in [0.05, 0.1) is 11.7 Å². The Bertz CT molecular complexity index is 1110. The molecule has 0 aliphatic carbocycles. The van der Waals surface area contributed by atoms with Gasteiger partial charge in [-0.1, -0.05) is 0 Å². The molecule has 0 bridgehead atoms. The number of anilines is 2. The molecule has 0 unspecified atom stereocenters. The Balaban J connectivity index is 1.56. The average Bonchev–Trinajstić information content (AvgIpc) is 2.83. The quantitative estimate of drug-likeness (QED) is 0.694. The third-order valence-electron chi connectivity index (χ3n) is 4.58. The number of nitrogens with zero attached hydrogens (tertiary/aromatic N) is 2. The third-order valence-corrected chi connectivity index (χ3v) is 4.58. The van der Waals surface area contributed by atoms with Crippen LogP contribution in [0.5, 0.6) is 17.4 Å². The molecule has 152 valence electrons. The molecule has 0 saturated carbocycles. The molecule has 1 aliphatic rings. The first-order valence-corrected chi connectivity index (χ1v) is 9.55. The minimum atomic E-state index is -0.286. The van der Waals surface area contributed by atoms with E-state index < -0.39 is 0 Å². The highest BCUT2D eigenvalue weighted by atomic mass is 16.5. The van der Waals surface area contributed by atoms with Crippen LogP contribution in [-0.4, -0.2) is 29.9 Å². The number of amides is 2. The minimum Gasteiger partial charge on any atom is -0.491 e. The van der Waals surface area contributed by atoms with Gasteiger partial charge >= 0.3 is 0 Å². The summed E-state index contributed by atoms with van der Waals surface area (Å²) < 4.78 is 11.4. The predicted molar refractivity (Wildman–Crippen MR) is 114 cm³/mol. The van der Waals surface area contributed by atoms with Crippen molar-refractivity contribution in [1.29, 1.82) is 0 Å². The molecule has 2 amide bonds. The Kier molecular flexibility index (Phi) is 5.10. The van der Waals surface area contributed by atoms with Crippen molar-refractivity contribution in [3.63, 3.8) is 0 Å². The lowest BCUT2D eigenvalue weighted by atomic mass is 10.1. The van der Waals surface area contributed by atoms with Crippen LogP contribution >= 0.6 is 0 Å². The number of rotatable bonds is 4. The maximum atomic E-state index is 12.9. The molecule has 3 aromatic rings. The number of carbonyl (C=O) groups excluding carboxylic acids is 2. The molecule has 1 N–H and O–H groups in total. The smallest absolute Gasteiger partial charge is 0.262 e. The minimum absolute atomic E-state index is 0.0588. The Morgan fingerprint density at radius 2 is 1.90 bits per heavy atom. The molecule has 0 radical (unpaired) electrons. The average molecular weight is 403 g/mol. The number of ether oxygens (including phenoxy) is 2. The van der Waals surface area contributed by atoms with Crippen LogP contribution in [0.4, 0.5) is 11.4 Å². The summed E-state index contributed by atoms with van der Waals surface area (Å²) in [5.74, 6) is 0.907. The van der Waals surface area contributed by atoms with Crippen LogP contribution in [-0.2, 0) is 0 Å². The van der Waals surface area contributed by atoms with Gasteiger partial charge in [0.25, 0.3) is 11.8 Å². The van der Waals surface area contributed by atoms with Crippen LogP contribution < -0.4 is 19.7 Å². The molecule has 1 aliphatic heterocycles. The van der Waals surface area contributed by atoms with E-state index in [4.69, 9.17) is 9.47 Å². The second kappa shape index (κ2) is 7.87. The van der Waals surface area contributed by atoms with Crippen LogP contribution in [0.3, 0.4) is 0 Å². The molecule has 0 fully saturated rings. The first kappa shape index (κ1) is 19.4. The molecular formula is C23H21N3O4. The number of aromatic nitrogens is 1. The van der Waals surface area contributed by atoms with E-state index in [-0.39, 0.29) is 17.9 Å². The van der Waals surface area contributed by atoms with Gasteiger partial charge in [-0.25, -0.2) is 4.98 Å². The summed E-state index contributed by atoms with van der Waals surface area (Å²) in [7, 11) is 1.66. The number of benzene rings is 2. The summed E-state index contributed by atoms with van der Waals surface area (Å²) in [5.41, 5.74) is 1.89. The van der Waals surface area contributed by atoms with Crippen molar-refractivity contribution in [2.75, 3.05) is 17.3 Å². The number of pyridine rings is 1. The zero-order valence-corrected chi connectivity index (χ0v) is 16.9. The lowest BCUT2D eigenvalue weighted by Gasteiger charge is -2.15. The van der Waals surface area contributed by atoms with E-state index in [1.807, 2.05) is 13.8 Å². The molecule has 7 nitrogen and oxygen atoms in total. The van der Waals surface area contributed by atoms with E-state index in [1.54, 1.807) is 67.8 Å². The Hall–Kier alpha value is -3.87. The second-order valence-corrected chi connectivity index (χ2v) is 7.15. The van der Waals surface area contributed by atoms with Gasteiger partial charge in [-0.05, 0) is 68.4 Å². The fraction of sp³-hybridized carbons (Fsp3) is 0.174. The highest BCUT2D eigenvalue weighted by Gasteiger charge is 2.26.